The fourth-order valence-electron chi connectivity index (χ4n) is 0.904. The van der Waals surface area contributed by atoms with Gasteiger partial charge in [0.2, 0.25) is 0 Å². The van der Waals surface area contributed by atoms with Crippen LogP contribution in [-0.2, 0) is 4.74 Å². The Labute approximate surface area is 92.8 Å². The van der Waals surface area contributed by atoms with Crippen molar-refractivity contribution in [3.63, 3.8) is 0 Å². The summed E-state index contributed by atoms with van der Waals surface area (Å²) in [7, 11) is 0. The molecule has 2 nitrogen and oxygen atoms in total. The van der Waals surface area contributed by atoms with Gasteiger partial charge in [-0.25, -0.2) is 4.79 Å². The Hall–Kier alpha value is -0.730. The van der Waals surface area contributed by atoms with Crippen molar-refractivity contribution in [2.45, 2.75) is 13.0 Å². The summed E-state index contributed by atoms with van der Waals surface area (Å²) in [5.74, 6) is -0.167. The van der Waals surface area contributed by atoms with Gasteiger partial charge in [0.25, 0.3) is 0 Å². The van der Waals surface area contributed by atoms with Gasteiger partial charge < -0.3 is 4.74 Å². The Balaban J connectivity index is 2.75. The van der Waals surface area contributed by atoms with Gasteiger partial charge in [-0.1, -0.05) is 23.7 Å². The number of carbonyl (C=O) groups is 1. The molecule has 0 unspecified atom stereocenters. The zero-order valence-corrected chi connectivity index (χ0v) is 9.18. The number of esters is 1. The summed E-state index contributed by atoms with van der Waals surface area (Å²) in [5.41, 5.74) is 0.367. The molecule has 14 heavy (non-hydrogen) atoms. The molecule has 0 aliphatic rings. The largest absolute Gasteiger partial charge is 0.458 e. The van der Waals surface area contributed by atoms with Crippen LogP contribution in [-0.4, -0.2) is 18.0 Å². The minimum absolute atomic E-state index is 0.274. The summed E-state index contributed by atoms with van der Waals surface area (Å²) in [6, 6.07) is 6.74. The third-order valence-corrected chi connectivity index (χ3v) is 2.38. The number of rotatable bonds is 3. The Morgan fingerprint density at radius 1 is 1.50 bits per heavy atom. The highest BCUT2D eigenvalue weighted by atomic mass is 35.5. The van der Waals surface area contributed by atoms with Gasteiger partial charge in [-0.05, 0) is 19.1 Å². The van der Waals surface area contributed by atoms with Crippen LogP contribution in [0.25, 0.3) is 0 Å². The third-order valence-electron chi connectivity index (χ3n) is 1.62. The fourth-order valence-corrected chi connectivity index (χ4v) is 1.18. The average molecular weight is 233 g/mol. The topological polar surface area (TPSA) is 26.3 Å². The van der Waals surface area contributed by atoms with Gasteiger partial charge in [-0.15, -0.1) is 11.6 Å². The summed E-state index contributed by atoms with van der Waals surface area (Å²) in [5, 5.41) is 0.388. The van der Waals surface area contributed by atoms with Crippen molar-refractivity contribution in [1.29, 1.82) is 0 Å². The summed E-state index contributed by atoms with van der Waals surface area (Å²) in [4.78, 5) is 11.5. The maximum absolute atomic E-state index is 11.5. The van der Waals surface area contributed by atoms with Crippen molar-refractivity contribution in [3.05, 3.63) is 34.9 Å². The molecule has 1 atom stereocenters. The molecule has 0 amide bonds. The van der Waals surface area contributed by atoms with Crippen LogP contribution in [0, 0.1) is 0 Å². The predicted molar refractivity (Wildman–Crippen MR) is 57.0 cm³/mol. The molecule has 0 radical (unpaired) electrons. The van der Waals surface area contributed by atoms with Gasteiger partial charge in [0.1, 0.15) is 6.10 Å². The summed E-state index contributed by atoms with van der Waals surface area (Å²) < 4.78 is 5.01. The number of alkyl halides is 1. The highest BCUT2D eigenvalue weighted by molar-refractivity contribution is 6.33. The molecule has 76 valence electrons. The molecule has 1 aromatic carbocycles. The van der Waals surface area contributed by atoms with Crippen LogP contribution in [0.3, 0.4) is 0 Å². The van der Waals surface area contributed by atoms with E-state index in [1.54, 1.807) is 31.2 Å². The van der Waals surface area contributed by atoms with Crippen LogP contribution < -0.4 is 0 Å². The van der Waals surface area contributed by atoms with Crippen LogP contribution in [0.15, 0.2) is 24.3 Å². The predicted octanol–water partition coefficient (Wildman–Crippen LogP) is 3.12. The molecule has 0 aliphatic heterocycles. The first-order valence-corrected chi connectivity index (χ1v) is 5.08. The molecule has 0 saturated carbocycles. The summed E-state index contributed by atoms with van der Waals surface area (Å²) in [6.07, 6.45) is -0.305. The minimum Gasteiger partial charge on any atom is -0.458 e. The molecule has 1 aromatic rings. The highest BCUT2D eigenvalue weighted by Gasteiger charge is 2.13. The second kappa shape index (κ2) is 5.23. The Kier molecular flexibility index (Phi) is 4.23. The molecular weight excluding hydrogens is 223 g/mol. The van der Waals surface area contributed by atoms with Crippen molar-refractivity contribution < 1.29 is 9.53 Å². The zero-order valence-electron chi connectivity index (χ0n) is 7.67. The van der Waals surface area contributed by atoms with Crippen molar-refractivity contribution >= 4 is 29.2 Å². The average Bonchev–Trinajstić information content (AvgIpc) is 2.18. The number of hydrogen-bond acceptors (Lipinski definition) is 2. The van der Waals surface area contributed by atoms with E-state index in [2.05, 4.69) is 0 Å². The molecule has 0 bridgehead atoms. The first kappa shape index (κ1) is 11.3. The van der Waals surface area contributed by atoms with Gasteiger partial charge >= 0.3 is 5.97 Å². The quantitative estimate of drug-likeness (QED) is 0.592. The highest BCUT2D eigenvalue weighted by Crippen LogP contribution is 2.16. The van der Waals surface area contributed by atoms with E-state index in [9.17, 15) is 4.79 Å². The standard InChI is InChI=1S/C10H10Cl2O2/c1-7(6-11)14-10(13)8-4-2-3-5-9(8)12/h2-5,7H,6H2,1H3/t7-/m1/s1. The Morgan fingerprint density at radius 2 is 2.14 bits per heavy atom. The second-order valence-electron chi connectivity index (χ2n) is 2.85. The second-order valence-corrected chi connectivity index (χ2v) is 3.57. The van der Waals surface area contributed by atoms with E-state index in [4.69, 9.17) is 27.9 Å². The molecule has 0 heterocycles. The summed E-state index contributed by atoms with van der Waals surface area (Å²) in [6.45, 7) is 1.72. The van der Waals surface area contributed by atoms with Gasteiger partial charge in [0, 0.05) is 0 Å². The van der Waals surface area contributed by atoms with Crippen LogP contribution >= 0.6 is 23.2 Å². The molecule has 0 spiro atoms. The lowest BCUT2D eigenvalue weighted by molar-refractivity contribution is 0.0384. The van der Waals surface area contributed by atoms with Crippen molar-refractivity contribution in [2.24, 2.45) is 0 Å². The van der Waals surface area contributed by atoms with Crippen molar-refractivity contribution in [2.75, 3.05) is 5.88 Å². The Morgan fingerprint density at radius 3 is 2.71 bits per heavy atom. The lowest BCUT2D eigenvalue weighted by Crippen LogP contribution is -2.16. The number of carbonyl (C=O) groups excluding carboxylic acids is 1. The summed E-state index contributed by atoms with van der Waals surface area (Å²) >= 11 is 11.3. The van der Waals surface area contributed by atoms with Gasteiger partial charge in [0.15, 0.2) is 0 Å². The maximum Gasteiger partial charge on any atom is 0.339 e. The molecule has 4 heteroatoms. The Bertz CT molecular complexity index is 326. The molecule has 0 aromatic heterocycles. The van der Waals surface area contributed by atoms with Crippen LogP contribution in [0.1, 0.15) is 17.3 Å². The van der Waals surface area contributed by atoms with Crippen LogP contribution in [0.5, 0.6) is 0 Å². The number of benzene rings is 1. The lowest BCUT2D eigenvalue weighted by Gasteiger charge is -2.10. The SMILES string of the molecule is C[C@H](CCl)OC(=O)c1ccccc1Cl. The van der Waals surface area contributed by atoms with E-state index >= 15 is 0 Å². The molecule has 0 aliphatic carbocycles. The zero-order chi connectivity index (χ0) is 10.6. The first-order chi connectivity index (χ1) is 6.65. The number of hydrogen-bond donors (Lipinski definition) is 0. The minimum atomic E-state index is -0.441. The first-order valence-electron chi connectivity index (χ1n) is 4.16. The van der Waals surface area contributed by atoms with Crippen molar-refractivity contribution in [1.82, 2.24) is 0 Å². The van der Waals surface area contributed by atoms with Crippen LogP contribution in [0.2, 0.25) is 5.02 Å². The van der Waals surface area contributed by atoms with E-state index in [1.165, 1.54) is 0 Å². The molecule has 0 N–H and O–H groups in total. The normalized spacial score (nSPS) is 12.2. The lowest BCUT2D eigenvalue weighted by atomic mass is 10.2. The smallest absolute Gasteiger partial charge is 0.339 e. The molecule has 0 saturated heterocycles. The van der Waals surface area contributed by atoms with E-state index in [0.717, 1.165) is 0 Å². The van der Waals surface area contributed by atoms with Gasteiger partial charge in [-0.3, -0.25) is 0 Å². The van der Waals surface area contributed by atoms with Crippen LogP contribution in [0.4, 0.5) is 0 Å². The van der Waals surface area contributed by atoms with Gasteiger partial charge in [0.05, 0.1) is 16.5 Å². The van der Waals surface area contributed by atoms with E-state index in [0.29, 0.717) is 10.6 Å². The molecule has 1 rings (SSSR count). The molecular formula is C10H10Cl2O2. The molecule has 0 fully saturated rings. The fraction of sp³-hybridized carbons (Fsp3) is 0.300. The van der Waals surface area contributed by atoms with Gasteiger partial charge in [-0.2, -0.15) is 0 Å². The van der Waals surface area contributed by atoms with Crippen molar-refractivity contribution in [3.8, 4) is 0 Å². The van der Waals surface area contributed by atoms with E-state index in [1.807, 2.05) is 0 Å². The third kappa shape index (κ3) is 2.89. The maximum atomic E-state index is 11.5. The monoisotopic (exact) mass is 232 g/mol. The van der Waals surface area contributed by atoms with E-state index < -0.39 is 5.97 Å². The number of halogens is 2. The van der Waals surface area contributed by atoms with E-state index in [-0.39, 0.29) is 12.0 Å². The number of ether oxygens (including phenoxy) is 1.